The fourth-order valence-corrected chi connectivity index (χ4v) is 5.37. The third kappa shape index (κ3) is 5.29. The topological polar surface area (TPSA) is 74.6 Å². The number of aromatic nitrogens is 2. The highest BCUT2D eigenvalue weighted by molar-refractivity contribution is 6.36. The lowest BCUT2D eigenvalue weighted by Crippen LogP contribution is -2.11. The molecule has 0 unspecified atom stereocenters. The number of halogens is 2. The molecule has 0 radical (unpaired) electrons. The lowest BCUT2D eigenvalue weighted by atomic mass is 9.96. The first-order valence-corrected chi connectivity index (χ1v) is 13.2. The minimum absolute atomic E-state index is 0.400. The van der Waals surface area contributed by atoms with E-state index in [0.717, 1.165) is 56.3 Å². The molecule has 0 spiro atoms. The van der Waals surface area contributed by atoms with Gasteiger partial charge in [-0.05, 0) is 41.0 Å². The summed E-state index contributed by atoms with van der Waals surface area (Å²) in [5.74, 6) is 1.21. The van der Waals surface area contributed by atoms with E-state index in [1.807, 2.05) is 65.5 Å². The monoisotopic (exact) mass is 575 g/mol. The maximum atomic E-state index is 11.4. The molecule has 4 aromatic carbocycles. The first-order valence-electron chi connectivity index (χ1n) is 12.5. The molecule has 0 saturated heterocycles. The first-order chi connectivity index (χ1) is 19.5. The number of fused-ring (bicyclic) bond motifs is 1. The van der Waals surface area contributed by atoms with Crippen LogP contribution < -0.4 is 15.0 Å². The van der Waals surface area contributed by atoms with Crippen LogP contribution in [-0.4, -0.2) is 37.4 Å². The van der Waals surface area contributed by atoms with Gasteiger partial charge in [-0.25, -0.2) is 0 Å². The van der Waals surface area contributed by atoms with E-state index in [1.165, 1.54) is 7.11 Å². The van der Waals surface area contributed by atoms with Gasteiger partial charge in [-0.3, -0.25) is 9.48 Å². The van der Waals surface area contributed by atoms with E-state index < -0.39 is 0 Å². The minimum atomic E-state index is 0.400. The van der Waals surface area contributed by atoms with Crippen molar-refractivity contribution in [3.8, 4) is 33.8 Å². The highest BCUT2D eigenvalue weighted by Gasteiger charge is 2.17. The zero-order chi connectivity index (χ0) is 28.2. The van der Waals surface area contributed by atoms with E-state index in [-0.39, 0.29) is 0 Å². The zero-order valence-electron chi connectivity index (χ0n) is 22.2. The lowest BCUT2D eigenvalue weighted by molar-refractivity contribution is 0.0861. The molecule has 204 valence electrons. The summed E-state index contributed by atoms with van der Waals surface area (Å²) in [4.78, 5) is 16.3. The fourth-order valence-electron chi connectivity index (χ4n) is 4.80. The Morgan fingerprint density at radius 1 is 0.875 bits per heavy atom. The molecular weight excluding hydrogens is 549 g/mol. The SMILES string of the molecule is CONCc1ccc(-c2cccc(-c3cccc4c3cnn4Cc3cc(OC)c(C=O)cc3Cl)c2Cl)cc1OC. The quantitative estimate of drug-likeness (QED) is 0.140. The van der Waals surface area contributed by atoms with Gasteiger partial charge < -0.3 is 14.3 Å². The van der Waals surface area contributed by atoms with Crippen molar-refractivity contribution < 1.29 is 19.1 Å². The number of ether oxygens (including phenoxy) is 2. The summed E-state index contributed by atoms with van der Waals surface area (Å²) in [5.41, 5.74) is 9.61. The number of methoxy groups -OCH3 is 2. The number of carbonyl (C=O) groups is 1. The number of nitrogens with one attached hydrogen (secondary N) is 1. The van der Waals surface area contributed by atoms with E-state index in [4.69, 9.17) is 37.5 Å². The van der Waals surface area contributed by atoms with Crippen molar-refractivity contribution in [1.82, 2.24) is 15.3 Å². The Kier molecular flexibility index (Phi) is 8.38. The molecule has 0 fully saturated rings. The van der Waals surface area contributed by atoms with E-state index in [1.54, 1.807) is 26.4 Å². The van der Waals surface area contributed by atoms with Crippen molar-refractivity contribution in [2.24, 2.45) is 0 Å². The Hall–Kier alpha value is -3.88. The average molecular weight is 576 g/mol. The number of hydroxylamine groups is 1. The summed E-state index contributed by atoms with van der Waals surface area (Å²) in [6.07, 6.45) is 2.56. The van der Waals surface area contributed by atoms with Crippen molar-refractivity contribution in [1.29, 1.82) is 0 Å². The molecule has 1 heterocycles. The number of hydrogen-bond acceptors (Lipinski definition) is 6. The molecule has 0 bridgehead atoms. The smallest absolute Gasteiger partial charge is 0.153 e. The van der Waals surface area contributed by atoms with Crippen molar-refractivity contribution in [3.05, 3.63) is 99.7 Å². The van der Waals surface area contributed by atoms with Crippen LogP contribution in [0.1, 0.15) is 21.5 Å². The first kappa shape index (κ1) is 27.7. The largest absolute Gasteiger partial charge is 0.496 e. The maximum Gasteiger partial charge on any atom is 0.153 e. The van der Waals surface area contributed by atoms with Crippen molar-refractivity contribution >= 4 is 40.4 Å². The molecule has 1 N–H and O–H groups in total. The summed E-state index contributed by atoms with van der Waals surface area (Å²) in [7, 11) is 4.75. The van der Waals surface area contributed by atoms with Crippen LogP contribution in [0.3, 0.4) is 0 Å². The van der Waals surface area contributed by atoms with Crippen LogP contribution in [0.5, 0.6) is 11.5 Å². The second kappa shape index (κ2) is 12.1. The molecule has 0 aliphatic heterocycles. The second-order valence-corrected chi connectivity index (χ2v) is 9.85. The molecule has 40 heavy (non-hydrogen) atoms. The van der Waals surface area contributed by atoms with E-state index in [0.29, 0.717) is 34.4 Å². The Labute approximate surface area is 242 Å². The van der Waals surface area contributed by atoms with Gasteiger partial charge in [-0.2, -0.15) is 10.6 Å². The van der Waals surface area contributed by atoms with Gasteiger partial charge in [0.15, 0.2) is 6.29 Å². The van der Waals surface area contributed by atoms with Gasteiger partial charge in [0.25, 0.3) is 0 Å². The maximum absolute atomic E-state index is 11.4. The molecule has 5 aromatic rings. The molecule has 0 aliphatic carbocycles. The lowest BCUT2D eigenvalue weighted by Gasteiger charge is -2.14. The number of carbonyl (C=O) groups excluding carboxylic acids is 1. The van der Waals surface area contributed by atoms with E-state index in [9.17, 15) is 4.79 Å². The molecule has 5 rings (SSSR count). The summed E-state index contributed by atoms with van der Waals surface area (Å²) in [6.45, 7) is 0.915. The molecular formula is C31H27Cl2N3O4. The molecule has 0 atom stereocenters. The Bertz CT molecular complexity index is 1700. The molecule has 9 heteroatoms. The third-order valence-corrected chi connectivity index (χ3v) is 7.59. The van der Waals surface area contributed by atoms with Gasteiger partial charge in [0.2, 0.25) is 0 Å². The number of benzene rings is 4. The Balaban J connectivity index is 1.53. The number of rotatable bonds is 10. The number of hydrogen-bond donors (Lipinski definition) is 1. The van der Waals surface area contributed by atoms with Crippen molar-refractivity contribution in [2.45, 2.75) is 13.1 Å². The van der Waals surface area contributed by atoms with Gasteiger partial charge in [0, 0.05) is 33.6 Å². The Morgan fingerprint density at radius 3 is 2.38 bits per heavy atom. The van der Waals surface area contributed by atoms with E-state index in [2.05, 4.69) is 10.6 Å². The molecule has 0 aliphatic rings. The predicted molar refractivity (Wildman–Crippen MR) is 159 cm³/mol. The predicted octanol–water partition coefficient (Wildman–Crippen LogP) is 7.21. The van der Waals surface area contributed by atoms with Crippen molar-refractivity contribution in [2.75, 3.05) is 21.3 Å². The molecule has 0 saturated carbocycles. The Morgan fingerprint density at radius 2 is 1.62 bits per heavy atom. The van der Waals surface area contributed by atoms with Crippen LogP contribution in [0.25, 0.3) is 33.2 Å². The van der Waals surface area contributed by atoms with Crippen LogP contribution in [0.2, 0.25) is 10.0 Å². The normalized spacial score (nSPS) is 11.1. The summed E-state index contributed by atoms with van der Waals surface area (Å²) >= 11 is 13.5. The minimum Gasteiger partial charge on any atom is -0.496 e. The van der Waals surface area contributed by atoms with Gasteiger partial charge in [-0.1, -0.05) is 65.7 Å². The summed E-state index contributed by atoms with van der Waals surface area (Å²) in [6, 6.07) is 21.4. The number of aldehydes is 1. The van der Waals surface area contributed by atoms with Crippen LogP contribution in [-0.2, 0) is 17.9 Å². The number of nitrogens with zero attached hydrogens (tertiary/aromatic N) is 2. The van der Waals surface area contributed by atoms with E-state index >= 15 is 0 Å². The van der Waals surface area contributed by atoms with Crippen LogP contribution in [0.4, 0.5) is 0 Å². The van der Waals surface area contributed by atoms with Gasteiger partial charge >= 0.3 is 0 Å². The van der Waals surface area contributed by atoms with Crippen LogP contribution in [0, 0.1) is 0 Å². The summed E-state index contributed by atoms with van der Waals surface area (Å²) in [5, 5.41) is 6.71. The molecule has 7 nitrogen and oxygen atoms in total. The fraction of sp³-hybridized carbons (Fsp3) is 0.161. The second-order valence-electron chi connectivity index (χ2n) is 9.06. The van der Waals surface area contributed by atoms with Gasteiger partial charge in [-0.15, -0.1) is 0 Å². The van der Waals surface area contributed by atoms with Crippen molar-refractivity contribution in [3.63, 3.8) is 0 Å². The van der Waals surface area contributed by atoms with Gasteiger partial charge in [0.05, 0.1) is 50.2 Å². The summed E-state index contributed by atoms with van der Waals surface area (Å²) < 4.78 is 12.9. The van der Waals surface area contributed by atoms with Crippen LogP contribution >= 0.6 is 23.2 Å². The highest BCUT2D eigenvalue weighted by atomic mass is 35.5. The van der Waals surface area contributed by atoms with Gasteiger partial charge in [0.1, 0.15) is 11.5 Å². The average Bonchev–Trinajstić information content (AvgIpc) is 3.40. The molecule has 1 aromatic heterocycles. The van der Waals surface area contributed by atoms with Crippen LogP contribution in [0.15, 0.2) is 72.9 Å². The highest BCUT2D eigenvalue weighted by Crippen LogP contribution is 2.40. The zero-order valence-corrected chi connectivity index (χ0v) is 23.7. The standard InChI is InChI=1S/C31H27Cl2N3O4/c1-38-29-13-19(10-11-20(29)15-35-40-3)23-6-4-8-25(31(23)33)24-7-5-9-28-26(24)16-34-36(28)17-21-14-30(39-2)22(18-37)12-27(21)32/h4-14,16,18,35H,15,17H2,1-3H3. The third-order valence-electron chi connectivity index (χ3n) is 6.83. The molecule has 0 amide bonds.